The molecule has 3 rings (SSSR count). The number of ether oxygens (including phenoxy) is 1. The average Bonchev–Trinajstić information content (AvgIpc) is 2.90. The number of halogens is 1. The van der Waals surface area contributed by atoms with Gasteiger partial charge in [0.25, 0.3) is 0 Å². The van der Waals surface area contributed by atoms with Gasteiger partial charge < -0.3 is 9.15 Å². The van der Waals surface area contributed by atoms with E-state index in [2.05, 4.69) is 9.88 Å². The van der Waals surface area contributed by atoms with Crippen LogP contribution in [0.5, 0.6) is 0 Å². The molecule has 22 heavy (non-hydrogen) atoms. The highest BCUT2D eigenvalue weighted by molar-refractivity contribution is 6.30. The Kier molecular flexibility index (Phi) is 4.81. The van der Waals surface area contributed by atoms with Crippen molar-refractivity contribution in [2.75, 3.05) is 20.2 Å². The summed E-state index contributed by atoms with van der Waals surface area (Å²) in [5.74, 6) is 1.55. The SMILES string of the molecule is COC1CCN(Cc2nc(-c3ccc(Cl)cc3)oc2C)CC1. The topological polar surface area (TPSA) is 38.5 Å². The monoisotopic (exact) mass is 320 g/mol. The van der Waals surface area contributed by atoms with Crippen molar-refractivity contribution in [3.63, 3.8) is 0 Å². The minimum Gasteiger partial charge on any atom is -0.441 e. The van der Waals surface area contributed by atoms with Crippen LogP contribution in [0, 0.1) is 6.92 Å². The summed E-state index contributed by atoms with van der Waals surface area (Å²) in [6, 6.07) is 7.57. The van der Waals surface area contributed by atoms with Crippen LogP contribution in [-0.2, 0) is 11.3 Å². The summed E-state index contributed by atoms with van der Waals surface area (Å²) >= 11 is 5.92. The molecule has 4 nitrogen and oxygen atoms in total. The summed E-state index contributed by atoms with van der Waals surface area (Å²) in [5, 5.41) is 0.716. The Labute approximate surface area is 136 Å². The van der Waals surface area contributed by atoms with E-state index in [0.29, 0.717) is 17.0 Å². The van der Waals surface area contributed by atoms with Crippen molar-refractivity contribution in [3.8, 4) is 11.5 Å². The summed E-state index contributed by atoms with van der Waals surface area (Å²) < 4.78 is 11.2. The second kappa shape index (κ2) is 6.82. The molecule has 2 aromatic rings. The van der Waals surface area contributed by atoms with Crippen molar-refractivity contribution in [2.45, 2.75) is 32.4 Å². The maximum Gasteiger partial charge on any atom is 0.226 e. The van der Waals surface area contributed by atoms with E-state index in [1.165, 1.54) is 0 Å². The van der Waals surface area contributed by atoms with E-state index in [1.807, 2.05) is 31.2 Å². The molecule has 2 heterocycles. The number of likely N-dealkylation sites (tertiary alicyclic amines) is 1. The number of aryl methyl sites for hydroxylation is 1. The van der Waals surface area contributed by atoms with Gasteiger partial charge in [0.05, 0.1) is 11.8 Å². The van der Waals surface area contributed by atoms with Crippen molar-refractivity contribution in [3.05, 3.63) is 40.7 Å². The molecule has 0 amide bonds. The van der Waals surface area contributed by atoms with Crippen LogP contribution in [-0.4, -0.2) is 36.2 Å². The number of benzene rings is 1. The third-order valence-corrected chi connectivity index (χ3v) is 4.48. The van der Waals surface area contributed by atoms with E-state index in [-0.39, 0.29) is 0 Å². The first-order chi connectivity index (χ1) is 10.7. The fourth-order valence-corrected chi connectivity index (χ4v) is 2.93. The predicted molar refractivity (Wildman–Crippen MR) is 87.0 cm³/mol. The number of oxazole rings is 1. The molecule has 0 N–H and O–H groups in total. The van der Waals surface area contributed by atoms with Gasteiger partial charge in [0.2, 0.25) is 5.89 Å². The van der Waals surface area contributed by atoms with E-state index in [4.69, 9.17) is 20.8 Å². The van der Waals surface area contributed by atoms with Gasteiger partial charge >= 0.3 is 0 Å². The molecule has 1 saturated heterocycles. The van der Waals surface area contributed by atoms with Crippen molar-refractivity contribution in [2.24, 2.45) is 0 Å². The van der Waals surface area contributed by atoms with Gasteiger partial charge in [0.15, 0.2) is 0 Å². The highest BCUT2D eigenvalue weighted by Gasteiger charge is 2.21. The smallest absolute Gasteiger partial charge is 0.226 e. The minimum atomic E-state index is 0.402. The van der Waals surface area contributed by atoms with Gasteiger partial charge in [-0.2, -0.15) is 0 Å². The molecule has 0 spiro atoms. The fourth-order valence-electron chi connectivity index (χ4n) is 2.81. The Balaban J connectivity index is 1.69. The number of hydrogen-bond acceptors (Lipinski definition) is 4. The van der Waals surface area contributed by atoms with Crippen LogP contribution in [0.4, 0.5) is 0 Å². The van der Waals surface area contributed by atoms with Crippen LogP contribution in [0.25, 0.3) is 11.5 Å². The summed E-state index contributed by atoms with van der Waals surface area (Å²) in [6.07, 6.45) is 2.56. The molecule has 1 aliphatic heterocycles. The average molecular weight is 321 g/mol. The molecule has 0 atom stereocenters. The highest BCUT2D eigenvalue weighted by atomic mass is 35.5. The molecule has 118 valence electrons. The van der Waals surface area contributed by atoms with Gasteiger partial charge in [0.1, 0.15) is 5.76 Å². The highest BCUT2D eigenvalue weighted by Crippen LogP contribution is 2.25. The van der Waals surface area contributed by atoms with Crippen LogP contribution in [0.1, 0.15) is 24.3 Å². The van der Waals surface area contributed by atoms with Crippen LogP contribution in [0.15, 0.2) is 28.7 Å². The Bertz CT molecular complexity index is 616. The quantitative estimate of drug-likeness (QED) is 0.856. The number of methoxy groups -OCH3 is 1. The molecule has 0 radical (unpaired) electrons. The molecule has 1 aromatic heterocycles. The first-order valence-electron chi connectivity index (χ1n) is 7.63. The molecule has 0 saturated carbocycles. The standard InChI is InChI=1S/C17H21ClN2O2/c1-12-16(11-20-9-7-15(21-2)8-10-20)19-17(22-12)13-3-5-14(18)6-4-13/h3-6,15H,7-11H2,1-2H3. The normalized spacial score (nSPS) is 17.0. The van der Waals surface area contributed by atoms with Crippen molar-refractivity contribution in [1.29, 1.82) is 0 Å². The lowest BCUT2D eigenvalue weighted by Gasteiger charge is -2.30. The zero-order valence-electron chi connectivity index (χ0n) is 13.0. The van der Waals surface area contributed by atoms with Crippen LogP contribution in [0.2, 0.25) is 5.02 Å². The minimum absolute atomic E-state index is 0.402. The van der Waals surface area contributed by atoms with Crippen LogP contribution in [0.3, 0.4) is 0 Å². The third-order valence-electron chi connectivity index (χ3n) is 4.23. The van der Waals surface area contributed by atoms with Crippen molar-refractivity contribution in [1.82, 2.24) is 9.88 Å². The summed E-state index contributed by atoms with van der Waals surface area (Å²) in [5.41, 5.74) is 1.97. The Hall–Kier alpha value is -1.36. The summed E-state index contributed by atoms with van der Waals surface area (Å²) in [7, 11) is 1.79. The maximum atomic E-state index is 5.92. The number of aromatic nitrogens is 1. The van der Waals surface area contributed by atoms with E-state index in [9.17, 15) is 0 Å². The lowest BCUT2D eigenvalue weighted by molar-refractivity contribution is 0.0384. The van der Waals surface area contributed by atoms with Gasteiger partial charge in [-0.15, -0.1) is 0 Å². The largest absolute Gasteiger partial charge is 0.441 e. The van der Waals surface area contributed by atoms with E-state index in [1.54, 1.807) is 7.11 Å². The van der Waals surface area contributed by atoms with Crippen molar-refractivity contribution < 1.29 is 9.15 Å². The maximum absolute atomic E-state index is 5.92. The zero-order chi connectivity index (χ0) is 15.5. The third kappa shape index (κ3) is 3.51. The van der Waals surface area contributed by atoms with E-state index >= 15 is 0 Å². The molecule has 0 unspecified atom stereocenters. The lowest BCUT2D eigenvalue weighted by Crippen LogP contribution is -2.36. The number of piperidine rings is 1. The number of rotatable bonds is 4. The second-order valence-electron chi connectivity index (χ2n) is 5.74. The van der Waals surface area contributed by atoms with Gasteiger partial charge in [0, 0.05) is 37.3 Å². The zero-order valence-corrected chi connectivity index (χ0v) is 13.8. The van der Waals surface area contributed by atoms with E-state index in [0.717, 1.165) is 49.5 Å². The van der Waals surface area contributed by atoms with Crippen LogP contribution < -0.4 is 0 Å². The molecule has 5 heteroatoms. The second-order valence-corrected chi connectivity index (χ2v) is 6.18. The first-order valence-corrected chi connectivity index (χ1v) is 8.01. The van der Waals surface area contributed by atoms with Crippen LogP contribution >= 0.6 is 11.6 Å². The van der Waals surface area contributed by atoms with Gasteiger partial charge in [-0.05, 0) is 44.0 Å². The van der Waals surface area contributed by atoms with Gasteiger partial charge in [-0.3, -0.25) is 4.90 Å². The Morgan fingerprint density at radius 2 is 1.95 bits per heavy atom. The van der Waals surface area contributed by atoms with E-state index < -0.39 is 0 Å². The molecule has 1 fully saturated rings. The molecule has 1 aliphatic rings. The lowest BCUT2D eigenvalue weighted by atomic mass is 10.1. The molecule has 0 bridgehead atoms. The molecule has 1 aromatic carbocycles. The Morgan fingerprint density at radius 1 is 1.27 bits per heavy atom. The predicted octanol–water partition coefficient (Wildman–Crippen LogP) is 3.91. The fraction of sp³-hybridized carbons (Fsp3) is 0.471. The number of nitrogens with zero attached hydrogens (tertiary/aromatic N) is 2. The van der Waals surface area contributed by atoms with Crippen molar-refractivity contribution >= 4 is 11.6 Å². The van der Waals surface area contributed by atoms with Gasteiger partial charge in [-0.1, -0.05) is 11.6 Å². The molecular formula is C17H21ClN2O2. The summed E-state index contributed by atoms with van der Waals surface area (Å²) in [4.78, 5) is 7.07. The molecule has 0 aliphatic carbocycles. The van der Waals surface area contributed by atoms with Gasteiger partial charge in [-0.25, -0.2) is 4.98 Å². The molecular weight excluding hydrogens is 300 g/mol. The Morgan fingerprint density at radius 3 is 2.59 bits per heavy atom. The summed E-state index contributed by atoms with van der Waals surface area (Å²) in [6.45, 7) is 4.89. The first kappa shape index (κ1) is 15.5. The number of hydrogen-bond donors (Lipinski definition) is 0.